The minimum Gasteiger partial charge on any atom is -0.480 e. The third-order valence-electron chi connectivity index (χ3n) is 2.77. The molecule has 8 heteroatoms. The molecule has 106 valence electrons. The van der Waals surface area contributed by atoms with E-state index in [0.29, 0.717) is 6.42 Å². The summed E-state index contributed by atoms with van der Waals surface area (Å²) in [6, 6.07) is -1.26. The van der Waals surface area contributed by atoms with Crippen LogP contribution in [0, 0.1) is 5.92 Å². The van der Waals surface area contributed by atoms with Gasteiger partial charge in [0, 0.05) is 0 Å². The van der Waals surface area contributed by atoms with Crippen molar-refractivity contribution in [1.29, 1.82) is 0 Å². The number of methoxy groups -OCH3 is 1. The van der Waals surface area contributed by atoms with E-state index < -0.39 is 33.3 Å². The minimum atomic E-state index is -4.08. The Morgan fingerprint density at radius 1 is 1.33 bits per heavy atom. The van der Waals surface area contributed by atoms with Crippen LogP contribution < -0.4 is 4.72 Å². The molecule has 0 aliphatic rings. The highest BCUT2D eigenvalue weighted by atomic mass is 32.2. The Bertz CT molecular complexity index is 405. The molecule has 0 radical (unpaired) electrons. The van der Waals surface area contributed by atoms with Crippen molar-refractivity contribution in [2.75, 3.05) is 7.11 Å². The molecule has 0 aliphatic carbocycles. The lowest BCUT2D eigenvalue weighted by Crippen LogP contribution is -2.49. The van der Waals surface area contributed by atoms with Crippen molar-refractivity contribution in [2.24, 2.45) is 5.92 Å². The highest BCUT2D eigenvalue weighted by Gasteiger charge is 2.35. The second-order valence-electron chi connectivity index (χ2n) is 4.03. The number of rotatable bonds is 7. The first-order valence-corrected chi connectivity index (χ1v) is 7.03. The van der Waals surface area contributed by atoms with Crippen LogP contribution in [0.3, 0.4) is 0 Å². The molecule has 1 unspecified atom stereocenters. The summed E-state index contributed by atoms with van der Waals surface area (Å²) >= 11 is 0. The normalized spacial score (nSPS) is 16.7. The molecule has 0 amide bonds. The smallest absolute Gasteiger partial charge is 0.325 e. The first-order chi connectivity index (χ1) is 8.17. The average Bonchev–Trinajstić information content (AvgIpc) is 2.32. The summed E-state index contributed by atoms with van der Waals surface area (Å²) in [5.41, 5.74) is 0. The Kier molecular flexibility index (Phi) is 6.27. The largest absolute Gasteiger partial charge is 0.480 e. The maximum Gasteiger partial charge on any atom is 0.325 e. The number of aliphatic carboxylic acids is 1. The third kappa shape index (κ3) is 4.26. The molecule has 3 atom stereocenters. The molecule has 7 nitrogen and oxygen atoms in total. The number of esters is 1. The first-order valence-electron chi connectivity index (χ1n) is 5.49. The van der Waals surface area contributed by atoms with Gasteiger partial charge in [-0.25, -0.2) is 8.42 Å². The van der Waals surface area contributed by atoms with Crippen LogP contribution >= 0.6 is 0 Å². The fourth-order valence-corrected chi connectivity index (χ4v) is 2.46. The molecule has 0 aromatic rings. The van der Waals surface area contributed by atoms with E-state index in [4.69, 9.17) is 5.11 Å². The molecule has 0 aliphatic heterocycles. The Labute approximate surface area is 107 Å². The van der Waals surface area contributed by atoms with Gasteiger partial charge in [0.15, 0.2) is 5.25 Å². The lowest BCUT2D eigenvalue weighted by atomic mass is 10.0. The number of ether oxygens (including phenoxy) is 1. The fourth-order valence-electron chi connectivity index (χ4n) is 1.22. The maximum atomic E-state index is 11.8. The number of carboxylic acids is 1. The van der Waals surface area contributed by atoms with E-state index in [0.717, 1.165) is 14.0 Å². The maximum absolute atomic E-state index is 11.8. The highest BCUT2D eigenvalue weighted by Crippen LogP contribution is 2.11. The van der Waals surface area contributed by atoms with Crippen molar-refractivity contribution in [1.82, 2.24) is 4.72 Å². The predicted octanol–water partition coefficient (Wildman–Crippen LogP) is -0.0334. The van der Waals surface area contributed by atoms with Gasteiger partial charge in [-0.3, -0.25) is 9.59 Å². The number of carboxylic acid groups (broad SMARTS) is 1. The van der Waals surface area contributed by atoms with E-state index in [9.17, 15) is 18.0 Å². The number of carbonyl (C=O) groups is 2. The Morgan fingerprint density at radius 3 is 2.17 bits per heavy atom. The van der Waals surface area contributed by atoms with Gasteiger partial charge in [0.1, 0.15) is 6.04 Å². The summed E-state index contributed by atoms with van der Waals surface area (Å²) in [6.07, 6.45) is 0.492. The predicted molar refractivity (Wildman–Crippen MR) is 64.4 cm³/mol. The number of carbonyl (C=O) groups excluding carboxylic acids is 1. The SMILES string of the molecule is CC[C@H](C)[C@H](NS(=O)(=O)C(C)C(=O)OC)C(=O)O. The van der Waals surface area contributed by atoms with Crippen molar-refractivity contribution in [3.8, 4) is 0 Å². The standard InChI is InChI=1S/C10H19NO6S/c1-5-6(2)8(9(12)13)11-18(15,16)7(3)10(14)17-4/h6-8,11H,5H2,1-4H3,(H,12,13)/t6-,7?,8-/m0/s1. The number of sulfonamides is 1. The highest BCUT2D eigenvalue weighted by molar-refractivity contribution is 7.90. The minimum absolute atomic E-state index is 0.387. The van der Waals surface area contributed by atoms with Gasteiger partial charge in [0.2, 0.25) is 10.0 Å². The number of nitrogens with one attached hydrogen (secondary N) is 1. The zero-order chi connectivity index (χ0) is 14.5. The van der Waals surface area contributed by atoms with Gasteiger partial charge in [-0.1, -0.05) is 20.3 Å². The molecule has 0 spiro atoms. The fraction of sp³-hybridized carbons (Fsp3) is 0.800. The molecule has 2 N–H and O–H groups in total. The van der Waals surface area contributed by atoms with Crippen molar-refractivity contribution in [2.45, 2.75) is 38.5 Å². The van der Waals surface area contributed by atoms with Gasteiger partial charge in [-0.2, -0.15) is 4.72 Å². The van der Waals surface area contributed by atoms with Crippen LogP contribution in [0.15, 0.2) is 0 Å². The van der Waals surface area contributed by atoms with Crippen LogP contribution in [0.1, 0.15) is 27.2 Å². The summed E-state index contributed by atoms with van der Waals surface area (Å²) < 4.78 is 29.9. The summed E-state index contributed by atoms with van der Waals surface area (Å²) in [6.45, 7) is 4.51. The molecule has 0 saturated carbocycles. The molecule has 0 aromatic carbocycles. The van der Waals surface area contributed by atoms with Gasteiger partial charge >= 0.3 is 11.9 Å². The van der Waals surface area contributed by atoms with Crippen molar-refractivity contribution in [3.05, 3.63) is 0 Å². The molecule has 0 saturated heterocycles. The van der Waals surface area contributed by atoms with Gasteiger partial charge in [0.25, 0.3) is 0 Å². The van der Waals surface area contributed by atoms with Gasteiger partial charge in [0.05, 0.1) is 7.11 Å². The molecule has 0 aromatic heterocycles. The molecule has 0 heterocycles. The zero-order valence-electron chi connectivity index (χ0n) is 10.8. The Morgan fingerprint density at radius 2 is 1.83 bits per heavy atom. The Hall–Kier alpha value is -1.15. The van der Waals surface area contributed by atoms with Crippen LogP contribution in [0.25, 0.3) is 0 Å². The van der Waals surface area contributed by atoms with Crippen molar-refractivity contribution in [3.63, 3.8) is 0 Å². The van der Waals surface area contributed by atoms with E-state index in [2.05, 4.69) is 4.74 Å². The van der Waals surface area contributed by atoms with Crippen molar-refractivity contribution >= 4 is 22.0 Å². The van der Waals surface area contributed by atoms with Gasteiger partial charge < -0.3 is 9.84 Å². The summed E-state index contributed by atoms with van der Waals surface area (Å²) in [4.78, 5) is 22.2. The number of hydrogen-bond acceptors (Lipinski definition) is 5. The molecule has 18 heavy (non-hydrogen) atoms. The lowest BCUT2D eigenvalue weighted by Gasteiger charge is -2.21. The summed E-state index contributed by atoms with van der Waals surface area (Å²) in [5.74, 6) is -2.59. The summed E-state index contributed by atoms with van der Waals surface area (Å²) in [7, 11) is -3.01. The van der Waals surface area contributed by atoms with E-state index in [1.807, 2.05) is 4.72 Å². The van der Waals surface area contributed by atoms with Crippen LogP contribution in [-0.4, -0.2) is 43.9 Å². The topological polar surface area (TPSA) is 110 Å². The van der Waals surface area contributed by atoms with E-state index in [1.54, 1.807) is 13.8 Å². The van der Waals surface area contributed by atoms with Crippen LogP contribution in [0.2, 0.25) is 0 Å². The monoisotopic (exact) mass is 281 g/mol. The summed E-state index contributed by atoms with van der Waals surface area (Å²) in [5, 5.41) is 7.52. The Balaban J connectivity index is 5.04. The van der Waals surface area contributed by atoms with E-state index in [1.165, 1.54) is 0 Å². The molecular formula is C10H19NO6S. The lowest BCUT2D eigenvalue weighted by molar-refractivity contribution is -0.141. The molecule has 0 fully saturated rings. The first kappa shape index (κ1) is 16.9. The molecule has 0 rings (SSSR count). The van der Waals surface area contributed by atoms with Crippen molar-refractivity contribution < 1.29 is 27.9 Å². The van der Waals surface area contributed by atoms with E-state index in [-0.39, 0.29) is 5.92 Å². The van der Waals surface area contributed by atoms with Gasteiger partial charge in [-0.05, 0) is 12.8 Å². The second kappa shape index (κ2) is 6.69. The van der Waals surface area contributed by atoms with Crippen LogP contribution in [0.5, 0.6) is 0 Å². The van der Waals surface area contributed by atoms with E-state index >= 15 is 0 Å². The second-order valence-corrected chi connectivity index (χ2v) is 6.06. The van der Waals surface area contributed by atoms with Gasteiger partial charge in [-0.15, -0.1) is 0 Å². The zero-order valence-corrected chi connectivity index (χ0v) is 11.7. The number of hydrogen-bond donors (Lipinski definition) is 2. The molecular weight excluding hydrogens is 262 g/mol. The third-order valence-corrected chi connectivity index (χ3v) is 4.47. The quantitative estimate of drug-likeness (QED) is 0.634. The van der Waals surface area contributed by atoms with Crippen LogP contribution in [-0.2, 0) is 24.3 Å². The molecule has 0 bridgehead atoms. The van der Waals surface area contributed by atoms with Crippen LogP contribution in [0.4, 0.5) is 0 Å². The average molecular weight is 281 g/mol.